The number of alkyl halides is 3. The zero-order valence-corrected chi connectivity index (χ0v) is 10.3. The van der Waals surface area contributed by atoms with E-state index in [2.05, 4.69) is 10.6 Å². The van der Waals surface area contributed by atoms with Crippen LogP contribution in [0.5, 0.6) is 0 Å². The second-order valence-corrected chi connectivity index (χ2v) is 3.96. The summed E-state index contributed by atoms with van der Waals surface area (Å²) in [5.41, 5.74) is 4.60. The highest BCUT2D eigenvalue weighted by Crippen LogP contribution is 2.30. The van der Waals surface area contributed by atoms with Crippen LogP contribution in [0.3, 0.4) is 0 Å². The van der Waals surface area contributed by atoms with Gasteiger partial charge in [0, 0.05) is 12.2 Å². The Morgan fingerprint density at radius 1 is 1.26 bits per heavy atom. The number of hydrogen-bond donors (Lipinski definition) is 3. The van der Waals surface area contributed by atoms with Gasteiger partial charge in [0.15, 0.2) is 0 Å². The zero-order chi connectivity index (χ0) is 14.3. The van der Waals surface area contributed by atoms with Crippen molar-refractivity contribution in [3.63, 3.8) is 0 Å². The molecular weight excluding hydrogens is 259 g/mol. The number of benzene rings is 1. The fraction of sp³-hybridized carbons (Fsp3) is 0.417. The number of rotatable bonds is 5. The Balaban J connectivity index is 2.50. The maximum atomic E-state index is 12.5. The van der Waals surface area contributed by atoms with Crippen LogP contribution in [-0.4, -0.2) is 19.1 Å². The number of nitrogens with two attached hydrogens (primary N) is 1. The zero-order valence-electron chi connectivity index (χ0n) is 10.3. The molecule has 0 aliphatic carbocycles. The van der Waals surface area contributed by atoms with Gasteiger partial charge in [-0.15, -0.1) is 0 Å². The van der Waals surface area contributed by atoms with E-state index < -0.39 is 17.8 Å². The van der Waals surface area contributed by atoms with Crippen LogP contribution >= 0.6 is 0 Å². The van der Waals surface area contributed by atoms with Gasteiger partial charge in [-0.25, -0.2) is 4.79 Å². The van der Waals surface area contributed by atoms with E-state index in [-0.39, 0.29) is 5.69 Å². The minimum absolute atomic E-state index is 0.103. The average molecular weight is 275 g/mol. The Morgan fingerprint density at radius 3 is 2.63 bits per heavy atom. The molecule has 0 heterocycles. The first-order valence-corrected chi connectivity index (χ1v) is 5.85. The van der Waals surface area contributed by atoms with E-state index in [4.69, 9.17) is 5.73 Å². The molecule has 0 bridgehead atoms. The molecule has 1 aromatic rings. The van der Waals surface area contributed by atoms with Crippen molar-refractivity contribution in [2.45, 2.75) is 19.0 Å². The first kappa shape index (κ1) is 15.3. The van der Waals surface area contributed by atoms with E-state index in [1.807, 2.05) is 0 Å². The first-order chi connectivity index (χ1) is 8.93. The summed E-state index contributed by atoms with van der Waals surface area (Å²) >= 11 is 0. The molecule has 19 heavy (non-hydrogen) atoms. The summed E-state index contributed by atoms with van der Waals surface area (Å²) in [5.74, 6) is 0. The number of unbranched alkanes of at least 4 members (excludes halogenated alkanes) is 1. The number of urea groups is 1. The van der Waals surface area contributed by atoms with Crippen molar-refractivity contribution in [1.29, 1.82) is 0 Å². The summed E-state index contributed by atoms with van der Waals surface area (Å²) in [6, 6.07) is 3.95. The fourth-order valence-electron chi connectivity index (χ4n) is 1.42. The molecular formula is C12H16F3N3O. The molecule has 0 aromatic heterocycles. The van der Waals surface area contributed by atoms with E-state index in [0.29, 0.717) is 13.1 Å². The minimum atomic E-state index is -4.42. The van der Waals surface area contributed by atoms with E-state index in [1.54, 1.807) is 0 Å². The van der Waals surface area contributed by atoms with Gasteiger partial charge in [0.05, 0.1) is 5.56 Å². The van der Waals surface area contributed by atoms with Crippen LogP contribution in [0.15, 0.2) is 24.3 Å². The third kappa shape index (κ3) is 5.60. The van der Waals surface area contributed by atoms with Crippen LogP contribution < -0.4 is 16.4 Å². The molecule has 1 rings (SSSR count). The summed E-state index contributed by atoms with van der Waals surface area (Å²) in [4.78, 5) is 11.4. The van der Waals surface area contributed by atoms with Gasteiger partial charge in [-0.05, 0) is 37.6 Å². The normalized spacial score (nSPS) is 11.2. The second-order valence-electron chi connectivity index (χ2n) is 3.96. The van der Waals surface area contributed by atoms with Gasteiger partial charge in [0.1, 0.15) is 0 Å². The van der Waals surface area contributed by atoms with E-state index in [1.165, 1.54) is 12.1 Å². The summed E-state index contributed by atoms with van der Waals surface area (Å²) in [6.45, 7) is 0.971. The standard InChI is InChI=1S/C12H16F3N3O/c13-12(14,15)9-4-3-5-10(8-9)18-11(19)17-7-2-1-6-16/h3-5,8H,1-2,6-7,16H2,(H2,17,18,19). The SMILES string of the molecule is NCCCCNC(=O)Nc1cccc(C(F)(F)F)c1. The topological polar surface area (TPSA) is 67.1 Å². The molecule has 0 saturated carbocycles. The smallest absolute Gasteiger partial charge is 0.338 e. The number of amides is 2. The first-order valence-electron chi connectivity index (χ1n) is 5.85. The lowest BCUT2D eigenvalue weighted by Crippen LogP contribution is -2.29. The molecule has 7 heteroatoms. The highest BCUT2D eigenvalue weighted by Gasteiger charge is 2.30. The van der Waals surface area contributed by atoms with Gasteiger partial charge in [-0.2, -0.15) is 13.2 Å². The molecule has 4 N–H and O–H groups in total. The number of halogens is 3. The van der Waals surface area contributed by atoms with Crippen LogP contribution in [0, 0.1) is 0 Å². The Bertz CT molecular complexity index is 421. The van der Waals surface area contributed by atoms with Gasteiger partial charge < -0.3 is 16.4 Å². The Hall–Kier alpha value is -1.76. The highest BCUT2D eigenvalue weighted by atomic mass is 19.4. The second kappa shape index (κ2) is 6.98. The number of hydrogen-bond acceptors (Lipinski definition) is 2. The molecule has 0 atom stereocenters. The molecule has 0 spiro atoms. The molecule has 0 aliphatic rings. The number of anilines is 1. The van der Waals surface area contributed by atoms with Crippen molar-refractivity contribution < 1.29 is 18.0 Å². The quantitative estimate of drug-likeness (QED) is 0.723. The molecule has 0 fully saturated rings. The van der Waals surface area contributed by atoms with Gasteiger partial charge >= 0.3 is 12.2 Å². The summed E-state index contributed by atoms with van der Waals surface area (Å²) in [5, 5.41) is 4.89. The molecule has 4 nitrogen and oxygen atoms in total. The number of carbonyl (C=O) groups excluding carboxylic acids is 1. The lowest BCUT2D eigenvalue weighted by Gasteiger charge is -2.10. The van der Waals surface area contributed by atoms with Crippen molar-refractivity contribution in [3.05, 3.63) is 29.8 Å². The van der Waals surface area contributed by atoms with Crippen LogP contribution in [0.4, 0.5) is 23.7 Å². The Labute approximate surface area is 109 Å². The van der Waals surface area contributed by atoms with Crippen LogP contribution in [0.1, 0.15) is 18.4 Å². The molecule has 0 radical (unpaired) electrons. The van der Waals surface area contributed by atoms with Crippen molar-refractivity contribution in [2.24, 2.45) is 5.73 Å². The number of carbonyl (C=O) groups is 1. The fourth-order valence-corrected chi connectivity index (χ4v) is 1.42. The molecule has 2 amide bonds. The van der Waals surface area contributed by atoms with Gasteiger partial charge in [0.25, 0.3) is 0 Å². The third-order valence-corrected chi connectivity index (χ3v) is 2.36. The van der Waals surface area contributed by atoms with E-state index >= 15 is 0 Å². The predicted octanol–water partition coefficient (Wildman–Crippen LogP) is 2.57. The van der Waals surface area contributed by atoms with Crippen LogP contribution in [0.25, 0.3) is 0 Å². The molecule has 0 aliphatic heterocycles. The van der Waals surface area contributed by atoms with Gasteiger partial charge in [-0.3, -0.25) is 0 Å². The van der Waals surface area contributed by atoms with Crippen molar-refractivity contribution in [1.82, 2.24) is 5.32 Å². The molecule has 1 aromatic carbocycles. The molecule has 0 saturated heterocycles. The lowest BCUT2D eigenvalue weighted by molar-refractivity contribution is -0.137. The summed E-state index contributed by atoms with van der Waals surface area (Å²) in [7, 11) is 0. The van der Waals surface area contributed by atoms with Crippen molar-refractivity contribution in [3.8, 4) is 0 Å². The van der Waals surface area contributed by atoms with Crippen LogP contribution in [0.2, 0.25) is 0 Å². The minimum Gasteiger partial charge on any atom is -0.338 e. The largest absolute Gasteiger partial charge is 0.416 e. The maximum Gasteiger partial charge on any atom is 0.416 e. The highest BCUT2D eigenvalue weighted by molar-refractivity contribution is 5.89. The lowest BCUT2D eigenvalue weighted by atomic mass is 10.2. The predicted molar refractivity (Wildman–Crippen MR) is 66.8 cm³/mol. The third-order valence-electron chi connectivity index (χ3n) is 2.36. The molecule has 0 unspecified atom stereocenters. The summed E-state index contributed by atoms with van der Waals surface area (Å²) < 4.78 is 37.4. The average Bonchev–Trinajstić information content (AvgIpc) is 2.34. The maximum absolute atomic E-state index is 12.5. The van der Waals surface area contributed by atoms with Crippen molar-refractivity contribution >= 4 is 11.7 Å². The van der Waals surface area contributed by atoms with Gasteiger partial charge in [0.2, 0.25) is 0 Å². The van der Waals surface area contributed by atoms with E-state index in [0.717, 1.165) is 25.0 Å². The van der Waals surface area contributed by atoms with E-state index in [9.17, 15) is 18.0 Å². The van der Waals surface area contributed by atoms with Crippen LogP contribution in [-0.2, 0) is 6.18 Å². The molecule has 106 valence electrons. The van der Waals surface area contributed by atoms with Crippen molar-refractivity contribution in [2.75, 3.05) is 18.4 Å². The Kier molecular flexibility index (Phi) is 5.62. The Morgan fingerprint density at radius 2 is 2.00 bits per heavy atom. The number of nitrogens with one attached hydrogen (secondary N) is 2. The van der Waals surface area contributed by atoms with Gasteiger partial charge in [-0.1, -0.05) is 6.07 Å². The monoisotopic (exact) mass is 275 g/mol. The summed E-state index contributed by atoms with van der Waals surface area (Å²) in [6.07, 6.45) is -2.91.